The van der Waals surface area contributed by atoms with Crippen LogP contribution in [0, 0.1) is 0 Å². The molecule has 0 unspecified atom stereocenters. The van der Waals surface area contributed by atoms with Gasteiger partial charge in [-0.25, -0.2) is 0 Å². The summed E-state index contributed by atoms with van der Waals surface area (Å²) in [4.78, 5) is 16.4. The predicted molar refractivity (Wildman–Crippen MR) is 81.4 cm³/mol. The maximum atomic E-state index is 12.2. The number of likely N-dealkylation sites (N-methyl/N-ethyl adjacent to an activating group) is 1. The Morgan fingerprint density at radius 2 is 1.95 bits per heavy atom. The summed E-state index contributed by atoms with van der Waals surface area (Å²) in [6.45, 7) is 4.05. The van der Waals surface area contributed by atoms with Crippen molar-refractivity contribution in [2.45, 2.75) is 25.3 Å². The van der Waals surface area contributed by atoms with E-state index in [9.17, 15) is 4.79 Å². The summed E-state index contributed by atoms with van der Waals surface area (Å²) in [5.74, 6) is 0.0352. The third-order valence-corrected chi connectivity index (χ3v) is 3.94. The molecule has 1 saturated heterocycles. The van der Waals surface area contributed by atoms with E-state index in [2.05, 4.69) is 4.90 Å². The smallest absolute Gasteiger partial charge is 0.239 e. The second-order valence-electron chi connectivity index (χ2n) is 5.60. The molecule has 2 N–H and O–H groups in total. The normalized spacial score (nSPS) is 17.1. The summed E-state index contributed by atoms with van der Waals surface area (Å²) in [5, 5.41) is 0. The van der Waals surface area contributed by atoms with Gasteiger partial charge in [0.15, 0.2) is 0 Å². The number of benzene rings is 1. The van der Waals surface area contributed by atoms with Gasteiger partial charge in [-0.2, -0.15) is 0 Å². The van der Waals surface area contributed by atoms with Crippen molar-refractivity contribution in [2.24, 2.45) is 5.73 Å². The van der Waals surface area contributed by atoms with Gasteiger partial charge in [-0.1, -0.05) is 30.3 Å². The summed E-state index contributed by atoms with van der Waals surface area (Å²) >= 11 is 0. The molecule has 4 heteroatoms. The van der Waals surface area contributed by atoms with Crippen molar-refractivity contribution in [2.75, 3.05) is 33.2 Å². The van der Waals surface area contributed by atoms with Crippen molar-refractivity contribution < 1.29 is 4.79 Å². The van der Waals surface area contributed by atoms with E-state index in [-0.39, 0.29) is 5.91 Å². The Hall–Kier alpha value is -1.39. The van der Waals surface area contributed by atoms with E-state index < -0.39 is 6.04 Å². The molecule has 1 aromatic carbocycles. The molecule has 1 amide bonds. The van der Waals surface area contributed by atoms with Gasteiger partial charge in [0.2, 0.25) is 5.91 Å². The van der Waals surface area contributed by atoms with E-state index in [1.807, 2.05) is 37.4 Å². The second kappa shape index (κ2) is 7.41. The summed E-state index contributed by atoms with van der Waals surface area (Å²) in [6.07, 6.45) is 3.17. The molecular formula is C16H25N3O. The number of carbonyl (C=O) groups excluding carboxylic acids is 1. The first-order valence-corrected chi connectivity index (χ1v) is 7.43. The number of rotatable bonds is 6. The number of hydrogen-bond acceptors (Lipinski definition) is 3. The maximum absolute atomic E-state index is 12.2. The molecule has 0 aliphatic carbocycles. The molecule has 0 aromatic heterocycles. The molecule has 1 aliphatic rings. The first-order valence-electron chi connectivity index (χ1n) is 7.43. The van der Waals surface area contributed by atoms with Gasteiger partial charge >= 0.3 is 0 Å². The van der Waals surface area contributed by atoms with E-state index >= 15 is 0 Å². The van der Waals surface area contributed by atoms with Crippen LogP contribution in [0.4, 0.5) is 0 Å². The molecule has 1 fully saturated rings. The minimum absolute atomic E-state index is 0.0352. The van der Waals surface area contributed by atoms with Gasteiger partial charge in [-0.15, -0.1) is 0 Å². The van der Waals surface area contributed by atoms with Crippen LogP contribution in [0.25, 0.3) is 0 Å². The fourth-order valence-electron chi connectivity index (χ4n) is 2.65. The van der Waals surface area contributed by atoms with Gasteiger partial charge in [-0.05, 0) is 37.9 Å². The highest BCUT2D eigenvalue weighted by Crippen LogP contribution is 2.07. The lowest BCUT2D eigenvalue weighted by molar-refractivity contribution is -0.131. The van der Waals surface area contributed by atoms with Crippen LogP contribution in [0.3, 0.4) is 0 Å². The number of nitrogens with two attached hydrogens (primary N) is 1. The molecule has 2 rings (SSSR count). The molecule has 1 aliphatic heterocycles. The molecule has 0 bridgehead atoms. The molecule has 1 heterocycles. The average Bonchev–Trinajstić information content (AvgIpc) is 2.98. The monoisotopic (exact) mass is 275 g/mol. The minimum Gasteiger partial charge on any atom is -0.343 e. The SMILES string of the molecule is CN(CCN1CCCC1)C(=O)[C@H](N)Cc1ccccc1. The van der Waals surface area contributed by atoms with Crippen molar-refractivity contribution in [3.8, 4) is 0 Å². The largest absolute Gasteiger partial charge is 0.343 e. The van der Waals surface area contributed by atoms with Crippen LogP contribution in [0.5, 0.6) is 0 Å². The average molecular weight is 275 g/mol. The zero-order valence-corrected chi connectivity index (χ0v) is 12.3. The van der Waals surface area contributed by atoms with Gasteiger partial charge in [0.1, 0.15) is 0 Å². The Morgan fingerprint density at radius 1 is 1.30 bits per heavy atom. The number of nitrogens with zero attached hydrogens (tertiary/aromatic N) is 2. The third kappa shape index (κ3) is 4.32. The molecule has 0 saturated carbocycles. The lowest BCUT2D eigenvalue weighted by Gasteiger charge is -2.24. The predicted octanol–water partition coefficient (Wildman–Crippen LogP) is 1.11. The van der Waals surface area contributed by atoms with Crippen molar-refractivity contribution in [3.63, 3.8) is 0 Å². The fraction of sp³-hybridized carbons (Fsp3) is 0.562. The highest BCUT2D eigenvalue weighted by atomic mass is 16.2. The lowest BCUT2D eigenvalue weighted by Crippen LogP contribution is -2.45. The van der Waals surface area contributed by atoms with Crippen LogP contribution in [0.1, 0.15) is 18.4 Å². The van der Waals surface area contributed by atoms with Crippen molar-refractivity contribution >= 4 is 5.91 Å². The molecular weight excluding hydrogens is 250 g/mol. The number of likely N-dealkylation sites (tertiary alicyclic amines) is 1. The highest BCUT2D eigenvalue weighted by Gasteiger charge is 2.19. The Labute approximate surface area is 121 Å². The Morgan fingerprint density at radius 3 is 2.60 bits per heavy atom. The van der Waals surface area contributed by atoms with E-state index in [0.717, 1.165) is 31.7 Å². The summed E-state index contributed by atoms with van der Waals surface area (Å²) in [6, 6.07) is 9.50. The molecule has 1 aromatic rings. The van der Waals surface area contributed by atoms with E-state index in [4.69, 9.17) is 5.73 Å². The van der Waals surface area contributed by atoms with E-state index in [1.54, 1.807) is 4.90 Å². The zero-order chi connectivity index (χ0) is 14.4. The van der Waals surface area contributed by atoms with Crippen molar-refractivity contribution in [1.82, 2.24) is 9.80 Å². The van der Waals surface area contributed by atoms with Gasteiger partial charge < -0.3 is 15.5 Å². The molecule has 20 heavy (non-hydrogen) atoms. The number of carbonyl (C=O) groups is 1. The summed E-state index contributed by atoms with van der Waals surface area (Å²) in [7, 11) is 1.85. The molecule has 1 atom stereocenters. The van der Waals surface area contributed by atoms with Crippen LogP contribution < -0.4 is 5.73 Å². The van der Waals surface area contributed by atoms with Crippen LogP contribution >= 0.6 is 0 Å². The number of amides is 1. The second-order valence-corrected chi connectivity index (χ2v) is 5.60. The first kappa shape index (κ1) is 15.0. The molecule has 4 nitrogen and oxygen atoms in total. The Bertz CT molecular complexity index is 415. The van der Waals surface area contributed by atoms with E-state index in [0.29, 0.717) is 6.42 Å². The zero-order valence-electron chi connectivity index (χ0n) is 12.3. The molecule has 0 radical (unpaired) electrons. The number of hydrogen-bond donors (Lipinski definition) is 1. The summed E-state index contributed by atoms with van der Waals surface area (Å²) in [5.41, 5.74) is 7.14. The van der Waals surface area contributed by atoms with Crippen LogP contribution in [-0.4, -0.2) is 55.0 Å². The Kier molecular flexibility index (Phi) is 5.56. The third-order valence-electron chi connectivity index (χ3n) is 3.94. The minimum atomic E-state index is -0.444. The molecule has 0 spiro atoms. The quantitative estimate of drug-likeness (QED) is 0.846. The molecule has 110 valence electrons. The van der Waals surface area contributed by atoms with Gasteiger partial charge in [0.05, 0.1) is 6.04 Å². The fourth-order valence-corrected chi connectivity index (χ4v) is 2.65. The van der Waals surface area contributed by atoms with Crippen molar-refractivity contribution in [3.05, 3.63) is 35.9 Å². The highest BCUT2D eigenvalue weighted by molar-refractivity contribution is 5.81. The van der Waals surface area contributed by atoms with Gasteiger partial charge in [-0.3, -0.25) is 4.79 Å². The van der Waals surface area contributed by atoms with Crippen LogP contribution in [-0.2, 0) is 11.2 Å². The van der Waals surface area contributed by atoms with Crippen molar-refractivity contribution in [1.29, 1.82) is 0 Å². The standard InChI is InChI=1S/C16H25N3O/c1-18(11-12-19-9-5-6-10-19)16(20)15(17)13-14-7-3-2-4-8-14/h2-4,7-8,15H,5-6,9-13,17H2,1H3/t15-/m1/s1. The van der Waals surface area contributed by atoms with E-state index in [1.165, 1.54) is 12.8 Å². The van der Waals surface area contributed by atoms with Crippen LogP contribution in [0.2, 0.25) is 0 Å². The lowest BCUT2D eigenvalue weighted by atomic mass is 10.1. The first-order chi connectivity index (χ1) is 9.66. The maximum Gasteiger partial charge on any atom is 0.239 e. The van der Waals surface area contributed by atoms with Gasteiger partial charge in [0.25, 0.3) is 0 Å². The Balaban J connectivity index is 1.76. The summed E-state index contributed by atoms with van der Waals surface area (Å²) < 4.78 is 0. The topological polar surface area (TPSA) is 49.6 Å². The van der Waals surface area contributed by atoms with Crippen LogP contribution in [0.15, 0.2) is 30.3 Å². The van der Waals surface area contributed by atoms with Gasteiger partial charge in [0, 0.05) is 20.1 Å².